The average Bonchev–Trinajstić information content (AvgIpc) is 3.22. The van der Waals surface area contributed by atoms with E-state index in [2.05, 4.69) is 71.2 Å². The van der Waals surface area contributed by atoms with E-state index in [1.807, 2.05) is 11.4 Å². The van der Waals surface area contributed by atoms with E-state index in [-0.39, 0.29) is 11.9 Å². The van der Waals surface area contributed by atoms with Crippen molar-refractivity contribution in [2.45, 2.75) is 56.8 Å². The summed E-state index contributed by atoms with van der Waals surface area (Å²) in [5, 5.41) is 14.9. The molecular weight excluding hydrogens is 400 g/mol. The second-order valence-electron chi connectivity index (χ2n) is 7.81. The molecule has 4 rings (SSSR count). The van der Waals surface area contributed by atoms with Crippen LogP contribution in [0.1, 0.15) is 66.5 Å². The lowest BCUT2D eigenvalue weighted by molar-refractivity contribution is -0.119. The van der Waals surface area contributed by atoms with Crippen molar-refractivity contribution >= 4 is 29.0 Å². The Bertz CT molecular complexity index is 959. The zero-order valence-corrected chi connectivity index (χ0v) is 18.6. The highest BCUT2D eigenvalue weighted by atomic mass is 32.2. The second kappa shape index (κ2) is 8.71. The lowest BCUT2D eigenvalue weighted by Gasteiger charge is -2.18. The number of amides is 1. The van der Waals surface area contributed by atoms with E-state index in [4.69, 9.17) is 0 Å². The highest BCUT2D eigenvalue weighted by Crippen LogP contribution is 2.40. The maximum absolute atomic E-state index is 12.8. The molecule has 1 aromatic carbocycles. The monoisotopic (exact) mass is 426 g/mol. The van der Waals surface area contributed by atoms with Gasteiger partial charge in [0.1, 0.15) is 5.82 Å². The molecule has 3 aromatic rings. The second-order valence-corrected chi connectivity index (χ2v) is 9.73. The Balaban J connectivity index is 1.46. The molecule has 1 aliphatic carbocycles. The lowest BCUT2D eigenvalue weighted by Crippen LogP contribution is -2.30. The number of aryl methyl sites for hydroxylation is 1. The number of nitrogens with one attached hydrogen (secondary N) is 1. The molecule has 1 aliphatic rings. The van der Waals surface area contributed by atoms with Crippen molar-refractivity contribution in [2.24, 2.45) is 0 Å². The molecule has 5 nitrogen and oxygen atoms in total. The summed E-state index contributed by atoms with van der Waals surface area (Å²) in [6.07, 6.45) is 2.34. The Morgan fingerprint density at radius 2 is 2.00 bits per heavy atom. The van der Waals surface area contributed by atoms with Gasteiger partial charge in [0.05, 0.1) is 11.8 Å². The van der Waals surface area contributed by atoms with Crippen LogP contribution in [-0.2, 0) is 4.79 Å². The Hall–Kier alpha value is -2.12. The SMILES string of the molecule is Cc1ccc(C(NC(=O)CSc2nnc(C(C)C)n2C2CC2)c2cccs2)cc1. The first kappa shape index (κ1) is 20.2. The van der Waals surface area contributed by atoms with Gasteiger partial charge in [-0.1, -0.05) is 61.5 Å². The number of carbonyl (C=O) groups is 1. The summed E-state index contributed by atoms with van der Waals surface area (Å²) >= 11 is 3.14. The molecule has 1 atom stereocenters. The molecule has 29 heavy (non-hydrogen) atoms. The van der Waals surface area contributed by atoms with Crippen molar-refractivity contribution in [1.29, 1.82) is 0 Å². The fraction of sp³-hybridized carbons (Fsp3) is 0.409. The summed E-state index contributed by atoms with van der Waals surface area (Å²) in [6.45, 7) is 6.34. The highest BCUT2D eigenvalue weighted by molar-refractivity contribution is 7.99. The van der Waals surface area contributed by atoms with Gasteiger partial charge in [-0.3, -0.25) is 4.79 Å². The third-order valence-corrected chi connectivity index (χ3v) is 6.88. The molecule has 1 unspecified atom stereocenters. The van der Waals surface area contributed by atoms with E-state index in [0.29, 0.717) is 17.7 Å². The van der Waals surface area contributed by atoms with Gasteiger partial charge < -0.3 is 9.88 Å². The van der Waals surface area contributed by atoms with Gasteiger partial charge in [-0.15, -0.1) is 21.5 Å². The molecular formula is C22H26N4OS2. The maximum atomic E-state index is 12.8. The first-order chi connectivity index (χ1) is 14.0. The van der Waals surface area contributed by atoms with Gasteiger partial charge >= 0.3 is 0 Å². The minimum absolute atomic E-state index is 0.00502. The van der Waals surface area contributed by atoms with Crippen molar-refractivity contribution in [3.8, 4) is 0 Å². The molecule has 2 aromatic heterocycles. The number of benzene rings is 1. The van der Waals surface area contributed by atoms with Crippen molar-refractivity contribution in [3.63, 3.8) is 0 Å². The Morgan fingerprint density at radius 1 is 1.24 bits per heavy atom. The number of aromatic nitrogens is 3. The van der Waals surface area contributed by atoms with E-state index in [1.54, 1.807) is 11.3 Å². The molecule has 0 aliphatic heterocycles. The predicted octanol–water partition coefficient (Wildman–Crippen LogP) is 5.10. The van der Waals surface area contributed by atoms with E-state index in [1.165, 1.54) is 30.2 Å². The molecule has 0 spiro atoms. The summed E-state index contributed by atoms with van der Waals surface area (Å²) in [7, 11) is 0. The zero-order valence-electron chi connectivity index (χ0n) is 17.0. The van der Waals surface area contributed by atoms with Crippen LogP contribution < -0.4 is 5.32 Å². The van der Waals surface area contributed by atoms with Crippen LogP contribution in [0.3, 0.4) is 0 Å². The van der Waals surface area contributed by atoms with Gasteiger partial charge in [0.2, 0.25) is 5.91 Å². The van der Waals surface area contributed by atoms with Gasteiger partial charge in [-0.05, 0) is 36.8 Å². The van der Waals surface area contributed by atoms with Crippen LogP contribution in [0.5, 0.6) is 0 Å². The van der Waals surface area contributed by atoms with Crippen LogP contribution in [0, 0.1) is 6.92 Å². The van der Waals surface area contributed by atoms with Crippen LogP contribution in [0.4, 0.5) is 0 Å². The minimum atomic E-state index is -0.128. The summed E-state index contributed by atoms with van der Waals surface area (Å²) in [5.74, 6) is 1.68. The van der Waals surface area contributed by atoms with Gasteiger partial charge in [0, 0.05) is 16.8 Å². The Labute approximate surface area is 179 Å². The molecule has 0 bridgehead atoms. The van der Waals surface area contributed by atoms with Crippen molar-refractivity contribution < 1.29 is 4.79 Å². The highest BCUT2D eigenvalue weighted by Gasteiger charge is 2.30. The first-order valence-corrected chi connectivity index (χ1v) is 11.9. The third kappa shape index (κ3) is 4.73. The van der Waals surface area contributed by atoms with Crippen LogP contribution in [0.25, 0.3) is 0 Å². The molecule has 1 saturated carbocycles. The number of thiophene rings is 1. The van der Waals surface area contributed by atoms with E-state index >= 15 is 0 Å². The van der Waals surface area contributed by atoms with Crippen molar-refractivity contribution in [2.75, 3.05) is 5.75 Å². The fourth-order valence-corrected chi connectivity index (χ4v) is 4.95. The number of hydrogen-bond acceptors (Lipinski definition) is 5. The predicted molar refractivity (Wildman–Crippen MR) is 119 cm³/mol. The summed E-state index contributed by atoms with van der Waals surface area (Å²) < 4.78 is 2.24. The van der Waals surface area contributed by atoms with E-state index in [0.717, 1.165) is 21.4 Å². The average molecular weight is 427 g/mol. The third-order valence-electron chi connectivity index (χ3n) is 5.00. The maximum Gasteiger partial charge on any atom is 0.231 e. The van der Waals surface area contributed by atoms with Crippen molar-refractivity contribution in [1.82, 2.24) is 20.1 Å². The molecule has 0 saturated heterocycles. The van der Waals surface area contributed by atoms with Crippen LogP contribution in [-0.4, -0.2) is 26.4 Å². The number of rotatable bonds is 8. The van der Waals surface area contributed by atoms with Gasteiger partial charge in [-0.2, -0.15) is 0 Å². The summed E-state index contributed by atoms with van der Waals surface area (Å²) in [6, 6.07) is 12.8. The molecule has 2 heterocycles. The zero-order chi connectivity index (χ0) is 20.4. The van der Waals surface area contributed by atoms with Gasteiger partial charge in [0.15, 0.2) is 5.16 Å². The van der Waals surface area contributed by atoms with Crippen LogP contribution in [0.2, 0.25) is 0 Å². The van der Waals surface area contributed by atoms with E-state index < -0.39 is 0 Å². The molecule has 7 heteroatoms. The first-order valence-electron chi connectivity index (χ1n) is 10.00. The van der Waals surface area contributed by atoms with E-state index in [9.17, 15) is 4.79 Å². The fourth-order valence-electron chi connectivity index (χ4n) is 3.32. The normalized spacial score (nSPS) is 14.9. The molecule has 1 N–H and O–H groups in total. The van der Waals surface area contributed by atoms with Gasteiger partial charge in [-0.25, -0.2) is 0 Å². The largest absolute Gasteiger partial charge is 0.344 e. The number of hydrogen-bond donors (Lipinski definition) is 1. The Morgan fingerprint density at radius 3 is 2.62 bits per heavy atom. The Kier molecular flexibility index (Phi) is 6.06. The van der Waals surface area contributed by atoms with Gasteiger partial charge in [0.25, 0.3) is 0 Å². The molecule has 0 radical (unpaired) electrons. The number of thioether (sulfide) groups is 1. The lowest BCUT2D eigenvalue weighted by atomic mass is 10.0. The molecule has 152 valence electrons. The number of nitrogens with zero attached hydrogens (tertiary/aromatic N) is 3. The topological polar surface area (TPSA) is 59.8 Å². The molecule has 1 fully saturated rings. The molecule has 1 amide bonds. The number of carbonyl (C=O) groups excluding carboxylic acids is 1. The van der Waals surface area contributed by atoms with Crippen molar-refractivity contribution in [3.05, 3.63) is 63.6 Å². The van der Waals surface area contributed by atoms with Crippen LogP contribution >= 0.6 is 23.1 Å². The quantitative estimate of drug-likeness (QED) is 0.509. The summed E-state index contributed by atoms with van der Waals surface area (Å²) in [4.78, 5) is 13.9. The summed E-state index contributed by atoms with van der Waals surface area (Å²) in [5.41, 5.74) is 2.31. The standard InChI is InChI=1S/C22H26N4OS2/c1-14(2)21-24-25-22(26(21)17-10-11-17)29-13-19(27)23-20(18-5-4-12-28-18)16-8-6-15(3)7-9-16/h4-9,12,14,17,20H,10-11,13H2,1-3H3,(H,23,27). The minimum Gasteiger partial charge on any atom is -0.344 e. The van der Waals surface area contributed by atoms with Crippen LogP contribution in [0.15, 0.2) is 46.9 Å². The smallest absolute Gasteiger partial charge is 0.231 e.